The van der Waals surface area contributed by atoms with Crippen molar-refractivity contribution in [1.82, 2.24) is 0 Å². The molecule has 0 amide bonds. The van der Waals surface area contributed by atoms with Crippen LogP contribution in [0.3, 0.4) is 0 Å². The zero-order chi connectivity index (χ0) is 13.5. The van der Waals surface area contributed by atoms with Gasteiger partial charge in [-0.05, 0) is 18.4 Å². The maximum atomic E-state index is 10.6. The van der Waals surface area contributed by atoms with E-state index >= 15 is 0 Å². The minimum Gasteiger partial charge on any atom is -0.391 e. The third kappa shape index (κ3) is 4.22. The first-order chi connectivity index (χ1) is 8.56. The summed E-state index contributed by atoms with van der Waals surface area (Å²) in [6.45, 7) is 1.58. The van der Waals surface area contributed by atoms with Gasteiger partial charge in [-0.15, -0.1) is 0 Å². The first-order valence-corrected chi connectivity index (χ1v) is 6.17. The lowest BCUT2D eigenvalue weighted by molar-refractivity contribution is -0.114. The van der Waals surface area contributed by atoms with Crippen molar-refractivity contribution in [2.75, 3.05) is 0 Å². The number of carbonyl (C=O) groups excluding carboxylic acids is 1. The summed E-state index contributed by atoms with van der Waals surface area (Å²) in [4.78, 5) is 10.6. The molecular weight excluding hydrogens is 230 g/mol. The molecule has 0 heterocycles. The van der Waals surface area contributed by atoms with Crippen LogP contribution in [0.15, 0.2) is 30.3 Å². The van der Waals surface area contributed by atoms with E-state index in [0.29, 0.717) is 19.1 Å². The van der Waals surface area contributed by atoms with Crippen molar-refractivity contribution in [2.45, 2.75) is 38.0 Å². The van der Waals surface area contributed by atoms with Gasteiger partial charge in [0.2, 0.25) is 0 Å². The van der Waals surface area contributed by atoms with Crippen LogP contribution in [0, 0.1) is 5.92 Å². The second-order valence-corrected chi connectivity index (χ2v) is 4.65. The topological polar surface area (TPSA) is 83.5 Å². The van der Waals surface area contributed by atoms with Gasteiger partial charge in [0.05, 0.1) is 18.2 Å². The Balaban J connectivity index is 2.45. The summed E-state index contributed by atoms with van der Waals surface area (Å²) in [6.07, 6.45) is -0.0175. The zero-order valence-electron chi connectivity index (χ0n) is 10.6. The minimum atomic E-state index is -1.01. The quantitative estimate of drug-likeness (QED) is 0.616. The average Bonchev–Trinajstić information content (AvgIpc) is 2.43. The summed E-state index contributed by atoms with van der Waals surface area (Å²) >= 11 is 0. The molecule has 4 N–H and O–H groups in total. The average molecular weight is 251 g/mol. The van der Waals surface area contributed by atoms with Gasteiger partial charge < -0.3 is 20.7 Å². The number of aliphatic hydroxyl groups excluding tert-OH is 2. The minimum absolute atomic E-state index is 0.466. The van der Waals surface area contributed by atoms with Gasteiger partial charge in [0.15, 0.2) is 0 Å². The predicted octanol–water partition coefficient (Wildman–Crippen LogP) is 0.503. The summed E-state index contributed by atoms with van der Waals surface area (Å²) in [5, 5.41) is 19.6. The zero-order valence-corrected chi connectivity index (χ0v) is 10.6. The highest BCUT2D eigenvalue weighted by atomic mass is 16.3. The Labute approximate surface area is 107 Å². The van der Waals surface area contributed by atoms with Crippen molar-refractivity contribution in [2.24, 2.45) is 11.7 Å². The molecule has 0 radical (unpaired) electrons. The van der Waals surface area contributed by atoms with Gasteiger partial charge in [0.1, 0.15) is 6.29 Å². The predicted molar refractivity (Wildman–Crippen MR) is 70.0 cm³/mol. The first-order valence-electron chi connectivity index (χ1n) is 6.17. The fourth-order valence-electron chi connectivity index (χ4n) is 1.81. The van der Waals surface area contributed by atoms with Crippen molar-refractivity contribution in [3.63, 3.8) is 0 Å². The molecule has 1 rings (SSSR count). The molecule has 0 aromatic heterocycles. The molecule has 1 aromatic rings. The highest BCUT2D eigenvalue weighted by Gasteiger charge is 2.27. The van der Waals surface area contributed by atoms with E-state index in [1.807, 2.05) is 30.3 Å². The number of carbonyl (C=O) groups is 1. The lowest BCUT2D eigenvalue weighted by Crippen LogP contribution is -2.48. The Morgan fingerprint density at radius 1 is 1.28 bits per heavy atom. The number of rotatable bonds is 7. The molecule has 0 aliphatic rings. The van der Waals surface area contributed by atoms with Crippen molar-refractivity contribution in [3.05, 3.63) is 35.9 Å². The normalized spacial score (nSPS) is 17.8. The maximum Gasteiger partial charge on any atom is 0.125 e. The lowest BCUT2D eigenvalue weighted by atomic mass is 9.93. The highest BCUT2D eigenvalue weighted by molar-refractivity contribution is 5.53. The van der Waals surface area contributed by atoms with E-state index in [1.54, 1.807) is 6.92 Å². The van der Waals surface area contributed by atoms with Crippen LogP contribution in [0.2, 0.25) is 0 Å². The summed E-state index contributed by atoms with van der Waals surface area (Å²) in [5.74, 6) is -0.564. The molecule has 18 heavy (non-hydrogen) atoms. The summed E-state index contributed by atoms with van der Waals surface area (Å²) in [7, 11) is 0. The third-order valence-electron chi connectivity index (χ3n) is 3.16. The van der Waals surface area contributed by atoms with E-state index in [-0.39, 0.29) is 0 Å². The van der Waals surface area contributed by atoms with Crippen LogP contribution in [-0.4, -0.2) is 34.7 Å². The molecule has 0 saturated heterocycles. The molecule has 0 saturated carbocycles. The molecule has 1 aromatic carbocycles. The standard InChI is InChI=1S/C14H21NO3/c1-10(9-16)14(18)13(15)12(17)8-7-11-5-3-2-4-6-11/h2-6,9-10,12-14,17-18H,7-8,15H2,1H3/t10-,12+,13-,14+/m1/s1. The van der Waals surface area contributed by atoms with Crippen LogP contribution < -0.4 is 5.73 Å². The molecule has 100 valence electrons. The van der Waals surface area contributed by atoms with Crippen molar-refractivity contribution < 1.29 is 15.0 Å². The molecule has 0 unspecified atom stereocenters. The van der Waals surface area contributed by atoms with Crippen molar-refractivity contribution >= 4 is 6.29 Å². The molecule has 0 aliphatic carbocycles. The van der Waals surface area contributed by atoms with Crippen molar-refractivity contribution in [1.29, 1.82) is 0 Å². The maximum absolute atomic E-state index is 10.6. The Kier molecular flexibility index (Phi) is 5.98. The number of nitrogens with two attached hydrogens (primary N) is 1. The third-order valence-corrected chi connectivity index (χ3v) is 3.16. The van der Waals surface area contributed by atoms with Crippen molar-refractivity contribution in [3.8, 4) is 0 Å². The van der Waals surface area contributed by atoms with Gasteiger partial charge in [-0.1, -0.05) is 37.3 Å². The number of benzene rings is 1. The Bertz CT molecular complexity index is 355. The fourth-order valence-corrected chi connectivity index (χ4v) is 1.81. The van der Waals surface area contributed by atoms with E-state index in [1.165, 1.54) is 0 Å². The number of hydrogen-bond donors (Lipinski definition) is 3. The fraction of sp³-hybridized carbons (Fsp3) is 0.500. The lowest BCUT2D eigenvalue weighted by Gasteiger charge is -2.25. The smallest absolute Gasteiger partial charge is 0.125 e. The second kappa shape index (κ2) is 7.26. The first kappa shape index (κ1) is 14.8. The summed E-state index contributed by atoms with van der Waals surface area (Å²) < 4.78 is 0. The van der Waals surface area contributed by atoms with Gasteiger partial charge >= 0.3 is 0 Å². The Morgan fingerprint density at radius 3 is 2.44 bits per heavy atom. The second-order valence-electron chi connectivity index (χ2n) is 4.65. The van der Waals surface area contributed by atoms with Crippen LogP contribution in [0.4, 0.5) is 0 Å². The van der Waals surface area contributed by atoms with Crippen LogP contribution in [-0.2, 0) is 11.2 Å². The molecule has 0 spiro atoms. The van der Waals surface area contributed by atoms with E-state index < -0.39 is 24.2 Å². The largest absolute Gasteiger partial charge is 0.391 e. The van der Waals surface area contributed by atoms with Crippen LogP contribution in [0.25, 0.3) is 0 Å². The molecular formula is C14H21NO3. The molecule has 0 fully saturated rings. The molecule has 0 aliphatic heterocycles. The van der Waals surface area contributed by atoms with Gasteiger partial charge in [-0.25, -0.2) is 0 Å². The van der Waals surface area contributed by atoms with Gasteiger partial charge in [-0.2, -0.15) is 0 Å². The number of hydrogen-bond acceptors (Lipinski definition) is 4. The Hall–Kier alpha value is -1.23. The highest BCUT2D eigenvalue weighted by Crippen LogP contribution is 2.12. The van der Waals surface area contributed by atoms with E-state index in [4.69, 9.17) is 5.73 Å². The van der Waals surface area contributed by atoms with Crippen LogP contribution in [0.1, 0.15) is 18.9 Å². The van der Waals surface area contributed by atoms with Crippen LogP contribution >= 0.6 is 0 Å². The Morgan fingerprint density at radius 2 is 1.89 bits per heavy atom. The monoisotopic (exact) mass is 251 g/mol. The molecule has 4 atom stereocenters. The van der Waals surface area contributed by atoms with E-state index in [0.717, 1.165) is 5.56 Å². The number of aliphatic hydroxyl groups is 2. The van der Waals surface area contributed by atoms with Gasteiger partial charge in [0.25, 0.3) is 0 Å². The SMILES string of the molecule is C[C@H](C=O)[C@H](O)[C@H](N)[C@@H](O)CCc1ccccc1. The van der Waals surface area contributed by atoms with E-state index in [2.05, 4.69) is 0 Å². The summed E-state index contributed by atoms with van der Waals surface area (Å²) in [5.41, 5.74) is 6.86. The van der Waals surface area contributed by atoms with Crippen LogP contribution in [0.5, 0.6) is 0 Å². The number of aldehydes is 1. The van der Waals surface area contributed by atoms with Gasteiger partial charge in [0, 0.05) is 5.92 Å². The molecule has 0 bridgehead atoms. The summed E-state index contributed by atoms with van der Waals surface area (Å²) in [6, 6.07) is 8.96. The van der Waals surface area contributed by atoms with E-state index in [9.17, 15) is 15.0 Å². The molecule has 4 heteroatoms. The molecule has 4 nitrogen and oxygen atoms in total. The van der Waals surface area contributed by atoms with Gasteiger partial charge in [-0.3, -0.25) is 0 Å². The number of aryl methyl sites for hydroxylation is 1.